The van der Waals surface area contributed by atoms with Gasteiger partial charge in [0.25, 0.3) is 5.91 Å². The summed E-state index contributed by atoms with van der Waals surface area (Å²) in [6.45, 7) is 0. The molecule has 4 nitrogen and oxygen atoms in total. The van der Waals surface area contributed by atoms with Crippen molar-refractivity contribution in [1.29, 1.82) is 0 Å². The predicted molar refractivity (Wildman–Crippen MR) is 107 cm³/mol. The van der Waals surface area contributed by atoms with Crippen LogP contribution in [0.25, 0.3) is 11.8 Å². The smallest absolute Gasteiger partial charge is 0.265 e. The third-order valence-electron chi connectivity index (χ3n) is 4.29. The quantitative estimate of drug-likeness (QED) is 0.571. The van der Waals surface area contributed by atoms with Gasteiger partial charge < -0.3 is 9.15 Å². The first-order chi connectivity index (χ1) is 13.2. The highest BCUT2D eigenvalue weighted by atomic mass is 35.5. The second-order valence-electron chi connectivity index (χ2n) is 6.00. The highest BCUT2D eigenvalue weighted by Gasteiger charge is 2.32. The van der Waals surface area contributed by atoms with Crippen LogP contribution in [0.1, 0.15) is 11.1 Å². The molecule has 134 valence electrons. The summed E-state index contributed by atoms with van der Waals surface area (Å²) in [7, 11) is 1.62. The molecular weight excluding hydrogens is 362 g/mol. The molecule has 2 heterocycles. The van der Waals surface area contributed by atoms with Crippen molar-refractivity contribution < 1.29 is 13.9 Å². The molecule has 27 heavy (non-hydrogen) atoms. The van der Waals surface area contributed by atoms with Crippen molar-refractivity contribution in [2.75, 3.05) is 12.0 Å². The van der Waals surface area contributed by atoms with Crippen molar-refractivity contribution in [3.63, 3.8) is 0 Å². The first-order valence-electron chi connectivity index (χ1n) is 8.37. The van der Waals surface area contributed by atoms with Crippen LogP contribution in [0, 0.1) is 0 Å². The molecule has 0 saturated heterocycles. The largest absolute Gasteiger partial charge is 0.497 e. The average molecular weight is 378 g/mol. The third kappa shape index (κ3) is 3.39. The van der Waals surface area contributed by atoms with Crippen LogP contribution < -0.4 is 9.64 Å². The Bertz CT molecular complexity index is 1020. The number of carbonyl (C=O) groups is 1. The van der Waals surface area contributed by atoms with Crippen molar-refractivity contribution in [2.45, 2.75) is 0 Å². The standard InChI is InChI=1S/C22H16ClNO3/c1-26-19-10-4-15(5-11-19)13-17-14-20(16-6-8-18(23)9-7-16)24(22(17)25)21-3-2-12-27-21/h2-14H,1H3/b17-13-. The van der Waals surface area contributed by atoms with Crippen LogP contribution in [0.2, 0.25) is 5.02 Å². The summed E-state index contributed by atoms with van der Waals surface area (Å²) in [6.07, 6.45) is 5.26. The molecular formula is C22H16ClNO3. The van der Waals surface area contributed by atoms with Gasteiger partial charge in [0.15, 0.2) is 0 Å². The molecule has 0 bridgehead atoms. The highest BCUT2D eigenvalue weighted by Crippen LogP contribution is 2.35. The zero-order valence-electron chi connectivity index (χ0n) is 14.6. The molecule has 3 aromatic rings. The molecule has 0 saturated carbocycles. The molecule has 0 unspecified atom stereocenters. The molecule has 0 radical (unpaired) electrons. The molecule has 0 atom stereocenters. The summed E-state index contributed by atoms with van der Waals surface area (Å²) >= 11 is 6.00. The zero-order chi connectivity index (χ0) is 18.8. The van der Waals surface area contributed by atoms with Gasteiger partial charge in [-0.05, 0) is 53.6 Å². The number of anilines is 1. The normalized spacial score (nSPS) is 15.3. The fraction of sp³-hybridized carbons (Fsp3) is 0.0455. The van der Waals surface area contributed by atoms with Crippen LogP contribution in [0.4, 0.5) is 5.88 Å². The number of carbonyl (C=O) groups excluding carboxylic acids is 1. The van der Waals surface area contributed by atoms with Gasteiger partial charge in [-0.3, -0.25) is 4.79 Å². The van der Waals surface area contributed by atoms with E-state index >= 15 is 0 Å². The van der Waals surface area contributed by atoms with Gasteiger partial charge in [-0.2, -0.15) is 0 Å². The van der Waals surface area contributed by atoms with E-state index in [0.29, 0.717) is 16.5 Å². The van der Waals surface area contributed by atoms with E-state index in [2.05, 4.69) is 0 Å². The van der Waals surface area contributed by atoms with E-state index in [1.165, 1.54) is 0 Å². The van der Waals surface area contributed by atoms with Crippen LogP contribution in [0.5, 0.6) is 5.75 Å². The highest BCUT2D eigenvalue weighted by molar-refractivity contribution is 6.30. The summed E-state index contributed by atoms with van der Waals surface area (Å²) in [5.74, 6) is 1.09. The Morgan fingerprint density at radius 2 is 1.78 bits per heavy atom. The zero-order valence-corrected chi connectivity index (χ0v) is 15.3. The molecule has 1 aromatic heterocycles. The first-order valence-corrected chi connectivity index (χ1v) is 8.75. The van der Waals surface area contributed by atoms with Gasteiger partial charge in [-0.15, -0.1) is 0 Å². The fourth-order valence-electron chi connectivity index (χ4n) is 2.94. The molecule has 0 N–H and O–H groups in total. The Morgan fingerprint density at radius 1 is 1.04 bits per heavy atom. The van der Waals surface area contributed by atoms with E-state index in [4.69, 9.17) is 20.8 Å². The van der Waals surface area contributed by atoms with E-state index in [0.717, 1.165) is 22.6 Å². The predicted octanol–water partition coefficient (Wildman–Crippen LogP) is 5.41. The van der Waals surface area contributed by atoms with Gasteiger partial charge in [-0.25, -0.2) is 4.90 Å². The maximum absolute atomic E-state index is 13.1. The number of hydrogen-bond acceptors (Lipinski definition) is 3. The number of benzene rings is 2. The minimum absolute atomic E-state index is 0.147. The van der Waals surface area contributed by atoms with E-state index in [1.54, 1.807) is 42.5 Å². The lowest BCUT2D eigenvalue weighted by Crippen LogP contribution is -2.24. The Balaban J connectivity index is 1.77. The molecule has 5 heteroatoms. The summed E-state index contributed by atoms with van der Waals surface area (Å²) in [4.78, 5) is 14.6. The maximum atomic E-state index is 13.1. The first kappa shape index (κ1) is 17.2. The second-order valence-corrected chi connectivity index (χ2v) is 6.44. The van der Waals surface area contributed by atoms with Gasteiger partial charge in [-0.1, -0.05) is 35.9 Å². The SMILES string of the molecule is COc1ccc(/C=C2/C=C(c3ccc(Cl)cc3)N(c3ccco3)C2=O)cc1. The van der Waals surface area contributed by atoms with Gasteiger partial charge in [0, 0.05) is 16.7 Å². The fourth-order valence-corrected chi connectivity index (χ4v) is 3.07. The number of furan rings is 1. The number of rotatable bonds is 4. The van der Waals surface area contributed by atoms with Crippen LogP contribution in [-0.2, 0) is 4.79 Å². The maximum Gasteiger partial charge on any atom is 0.265 e. The Hall–Kier alpha value is -3.24. The topological polar surface area (TPSA) is 42.7 Å². The summed E-state index contributed by atoms with van der Waals surface area (Å²) in [6, 6.07) is 18.4. The number of halogens is 1. The minimum atomic E-state index is -0.147. The van der Waals surface area contributed by atoms with Gasteiger partial charge in [0.1, 0.15) is 5.75 Å². The number of hydrogen-bond donors (Lipinski definition) is 0. The third-order valence-corrected chi connectivity index (χ3v) is 4.54. The van der Waals surface area contributed by atoms with Crippen molar-refractivity contribution in [1.82, 2.24) is 0 Å². The van der Waals surface area contributed by atoms with Gasteiger partial charge in [0.2, 0.25) is 5.88 Å². The van der Waals surface area contributed by atoms with E-state index in [9.17, 15) is 4.79 Å². The van der Waals surface area contributed by atoms with E-state index < -0.39 is 0 Å². The molecule has 1 aliphatic rings. The van der Waals surface area contributed by atoms with Crippen molar-refractivity contribution in [3.05, 3.63) is 94.7 Å². The van der Waals surface area contributed by atoms with Crippen LogP contribution >= 0.6 is 11.6 Å². The van der Waals surface area contributed by atoms with Crippen LogP contribution in [0.15, 0.2) is 83.0 Å². The average Bonchev–Trinajstić information content (AvgIpc) is 3.32. The number of methoxy groups -OCH3 is 1. The molecule has 1 amide bonds. The van der Waals surface area contributed by atoms with Crippen molar-refractivity contribution >= 4 is 35.2 Å². The molecule has 1 aliphatic heterocycles. The second kappa shape index (κ2) is 7.17. The molecule has 4 rings (SSSR count). The van der Waals surface area contributed by atoms with Crippen molar-refractivity contribution in [2.24, 2.45) is 0 Å². The summed E-state index contributed by atoms with van der Waals surface area (Å²) in [5, 5.41) is 0.641. The number of nitrogens with zero attached hydrogens (tertiary/aromatic N) is 1. The Labute approximate surface area is 161 Å². The monoisotopic (exact) mass is 377 g/mol. The van der Waals surface area contributed by atoms with Crippen LogP contribution in [-0.4, -0.2) is 13.0 Å². The molecule has 2 aromatic carbocycles. The summed E-state index contributed by atoms with van der Waals surface area (Å²) < 4.78 is 10.7. The molecule has 0 spiro atoms. The summed E-state index contributed by atoms with van der Waals surface area (Å²) in [5.41, 5.74) is 3.10. The van der Waals surface area contributed by atoms with E-state index in [-0.39, 0.29) is 5.91 Å². The van der Waals surface area contributed by atoms with Gasteiger partial charge in [0.05, 0.1) is 19.1 Å². The number of amides is 1. The van der Waals surface area contributed by atoms with Crippen LogP contribution in [0.3, 0.4) is 0 Å². The van der Waals surface area contributed by atoms with Gasteiger partial charge >= 0.3 is 0 Å². The van der Waals surface area contributed by atoms with E-state index in [1.807, 2.05) is 48.6 Å². The Kier molecular flexibility index (Phi) is 4.57. The molecule has 0 aliphatic carbocycles. The van der Waals surface area contributed by atoms with Crippen molar-refractivity contribution in [3.8, 4) is 5.75 Å². The lowest BCUT2D eigenvalue weighted by atomic mass is 10.1. The number of ether oxygens (including phenoxy) is 1. The molecule has 0 fully saturated rings. The minimum Gasteiger partial charge on any atom is -0.497 e. The lowest BCUT2D eigenvalue weighted by molar-refractivity contribution is -0.113. The Morgan fingerprint density at radius 3 is 2.41 bits per heavy atom. The lowest BCUT2D eigenvalue weighted by Gasteiger charge is -2.17.